The Bertz CT molecular complexity index is 294. The van der Waals surface area contributed by atoms with E-state index < -0.39 is 0 Å². The second-order valence-electron chi connectivity index (χ2n) is 5.08. The van der Waals surface area contributed by atoms with Crippen molar-refractivity contribution in [1.29, 1.82) is 0 Å². The Morgan fingerprint density at radius 1 is 0.882 bits per heavy atom. The minimum atomic E-state index is 0.694. The molecule has 0 aliphatic carbocycles. The zero-order chi connectivity index (χ0) is 12.1. The van der Waals surface area contributed by atoms with Gasteiger partial charge in [0.15, 0.2) is 0 Å². The molecular formula is C16H23N. The Morgan fingerprint density at radius 2 is 1.35 bits per heavy atom. The summed E-state index contributed by atoms with van der Waals surface area (Å²) in [7, 11) is 0. The van der Waals surface area contributed by atoms with Gasteiger partial charge < -0.3 is 5.32 Å². The van der Waals surface area contributed by atoms with Gasteiger partial charge in [-0.15, -0.1) is 13.2 Å². The highest BCUT2D eigenvalue weighted by Crippen LogP contribution is 2.38. The molecule has 0 radical (unpaired) electrons. The zero-order valence-electron chi connectivity index (χ0n) is 10.5. The van der Waals surface area contributed by atoms with Gasteiger partial charge in [0.05, 0.1) is 0 Å². The van der Waals surface area contributed by atoms with Crippen LogP contribution in [-0.4, -0.2) is 12.1 Å². The SMILES string of the molecule is C=CCC=CC1CC2NC1CC2C=CCC=C. The topological polar surface area (TPSA) is 12.0 Å². The maximum absolute atomic E-state index is 3.74. The fourth-order valence-corrected chi connectivity index (χ4v) is 3.05. The lowest BCUT2D eigenvalue weighted by atomic mass is 9.81. The van der Waals surface area contributed by atoms with Gasteiger partial charge in [-0.2, -0.15) is 0 Å². The summed E-state index contributed by atoms with van der Waals surface area (Å²) in [6, 6.07) is 1.39. The first-order chi connectivity index (χ1) is 8.35. The molecule has 92 valence electrons. The highest BCUT2D eigenvalue weighted by atomic mass is 15.0. The molecule has 2 saturated heterocycles. The average Bonchev–Trinajstić information content (AvgIpc) is 2.89. The van der Waals surface area contributed by atoms with Crippen LogP contribution >= 0.6 is 0 Å². The lowest BCUT2D eigenvalue weighted by molar-refractivity contribution is 0.418. The van der Waals surface area contributed by atoms with Crippen LogP contribution in [-0.2, 0) is 0 Å². The van der Waals surface area contributed by atoms with Crippen LogP contribution in [0.1, 0.15) is 25.7 Å². The fraction of sp³-hybridized carbons (Fsp3) is 0.500. The van der Waals surface area contributed by atoms with Crippen molar-refractivity contribution in [2.45, 2.75) is 37.8 Å². The molecule has 4 atom stereocenters. The number of fused-ring (bicyclic) bond motifs is 2. The summed E-state index contributed by atoms with van der Waals surface area (Å²) < 4.78 is 0. The molecule has 0 aromatic heterocycles. The highest BCUT2D eigenvalue weighted by molar-refractivity contribution is 5.13. The number of hydrogen-bond donors (Lipinski definition) is 1. The molecule has 2 rings (SSSR count). The van der Waals surface area contributed by atoms with Gasteiger partial charge in [0, 0.05) is 12.1 Å². The van der Waals surface area contributed by atoms with Gasteiger partial charge in [0.1, 0.15) is 0 Å². The van der Waals surface area contributed by atoms with Gasteiger partial charge in [-0.05, 0) is 37.5 Å². The Kier molecular flexibility index (Phi) is 4.38. The average molecular weight is 229 g/mol. The first-order valence-corrected chi connectivity index (χ1v) is 6.66. The number of allylic oxidation sites excluding steroid dienone is 4. The molecule has 17 heavy (non-hydrogen) atoms. The Hall–Kier alpha value is -1.08. The third-order valence-electron chi connectivity index (χ3n) is 3.89. The number of nitrogens with one attached hydrogen (secondary N) is 1. The number of hydrogen-bond acceptors (Lipinski definition) is 1. The molecule has 1 nitrogen and oxygen atoms in total. The largest absolute Gasteiger partial charge is 0.310 e. The van der Waals surface area contributed by atoms with E-state index in [-0.39, 0.29) is 0 Å². The zero-order valence-corrected chi connectivity index (χ0v) is 10.5. The van der Waals surface area contributed by atoms with E-state index in [2.05, 4.69) is 42.8 Å². The first kappa shape index (κ1) is 12.4. The van der Waals surface area contributed by atoms with E-state index in [1.54, 1.807) is 0 Å². The first-order valence-electron chi connectivity index (χ1n) is 6.66. The molecule has 0 amide bonds. The monoisotopic (exact) mass is 229 g/mol. The van der Waals surface area contributed by atoms with Gasteiger partial charge in [0.2, 0.25) is 0 Å². The summed E-state index contributed by atoms with van der Waals surface area (Å²) >= 11 is 0. The van der Waals surface area contributed by atoms with E-state index in [0.717, 1.165) is 24.7 Å². The van der Waals surface area contributed by atoms with Crippen LogP contribution in [0, 0.1) is 11.8 Å². The summed E-state index contributed by atoms with van der Waals surface area (Å²) in [6.45, 7) is 7.49. The summed E-state index contributed by atoms with van der Waals surface area (Å²) in [5.74, 6) is 1.48. The maximum atomic E-state index is 3.74. The molecular weight excluding hydrogens is 206 g/mol. The predicted molar refractivity (Wildman–Crippen MR) is 74.8 cm³/mol. The Labute approximate surface area is 105 Å². The van der Waals surface area contributed by atoms with Gasteiger partial charge in [-0.25, -0.2) is 0 Å². The van der Waals surface area contributed by atoms with Gasteiger partial charge >= 0.3 is 0 Å². The summed E-state index contributed by atoms with van der Waals surface area (Å²) in [4.78, 5) is 0. The van der Waals surface area contributed by atoms with Crippen LogP contribution in [0.2, 0.25) is 0 Å². The van der Waals surface area contributed by atoms with E-state index in [0.29, 0.717) is 12.1 Å². The molecule has 0 aromatic carbocycles. The normalized spacial score (nSPS) is 36.0. The predicted octanol–water partition coefficient (Wildman–Crippen LogP) is 3.62. The van der Waals surface area contributed by atoms with Gasteiger partial charge in [-0.3, -0.25) is 0 Å². The smallest absolute Gasteiger partial charge is 0.0139 e. The van der Waals surface area contributed by atoms with E-state index in [1.807, 2.05) is 12.2 Å². The van der Waals surface area contributed by atoms with Crippen molar-refractivity contribution in [2.24, 2.45) is 11.8 Å². The van der Waals surface area contributed by atoms with Crippen LogP contribution < -0.4 is 5.32 Å². The molecule has 1 N–H and O–H groups in total. The maximum Gasteiger partial charge on any atom is 0.0139 e. The van der Waals surface area contributed by atoms with E-state index in [1.165, 1.54) is 12.8 Å². The van der Waals surface area contributed by atoms with Crippen molar-refractivity contribution in [3.8, 4) is 0 Å². The minimum Gasteiger partial charge on any atom is -0.310 e. The van der Waals surface area contributed by atoms with Crippen LogP contribution in [0.4, 0.5) is 0 Å². The van der Waals surface area contributed by atoms with E-state index in [4.69, 9.17) is 0 Å². The second kappa shape index (κ2) is 6.02. The standard InChI is InChI=1S/C16H23N/c1-3-5-7-9-13-11-16-14(10-8-6-4-2)12-15(13)17-16/h3-4,7-10,13-17H,1-2,5-6,11-12H2. The minimum absolute atomic E-state index is 0.694. The molecule has 0 aromatic rings. The van der Waals surface area contributed by atoms with Crippen LogP contribution in [0.25, 0.3) is 0 Å². The molecule has 4 unspecified atom stereocenters. The van der Waals surface area contributed by atoms with Crippen molar-refractivity contribution in [3.05, 3.63) is 49.6 Å². The Balaban J connectivity index is 1.83. The fourth-order valence-electron chi connectivity index (χ4n) is 3.05. The molecule has 2 aliphatic heterocycles. The molecule has 0 spiro atoms. The van der Waals surface area contributed by atoms with Crippen molar-refractivity contribution < 1.29 is 0 Å². The summed E-state index contributed by atoms with van der Waals surface area (Å²) in [5.41, 5.74) is 0. The molecule has 2 fully saturated rings. The van der Waals surface area contributed by atoms with Crippen molar-refractivity contribution in [2.75, 3.05) is 0 Å². The number of rotatable bonds is 6. The van der Waals surface area contributed by atoms with Gasteiger partial charge in [-0.1, -0.05) is 36.5 Å². The highest BCUT2D eigenvalue weighted by Gasteiger charge is 2.42. The van der Waals surface area contributed by atoms with E-state index >= 15 is 0 Å². The quantitative estimate of drug-likeness (QED) is 0.686. The van der Waals surface area contributed by atoms with Crippen LogP contribution in [0.5, 0.6) is 0 Å². The van der Waals surface area contributed by atoms with Gasteiger partial charge in [0.25, 0.3) is 0 Å². The molecule has 2 aliphatic rings. The van der Waals surface area contributed by atoms with E-state index in [9.17, 15) is 0 Å². The second-order valence-corrected chi connectivity index (χ2v) is 5.08. The Morgan fingerprint density at radius 3 is 1.71 bits per heavy atom. The molecule has 0 saturated carbocycles. The molecule has 2 bridgehead atoms. The van der Waals surface area contributed by atoms with Crippen LogP contribution in [0.3, 0.4) is 0 Å². The summed E-state index contributed by atoms with van der Waals surface area (Å²) in [5, 5.41) is 3.73. The summed E-state index contributed by atoms with van der Waals surface area (Å²) in [6.07, 6.45) is 17.8. The van der Waals surface area contributed by atoms with Crippen molar-refractivity contribution >= 4 is 0 Å². The lowest BCUT2D eigenvalue weighted by Gasteiger charge is -2.21. The van der Waals surface area contributed by atoms with Crippen LogP contribution in [0.15, 0.2) is 49.6 Å². The van der Waals surface area contributed by atoms with Crippen molar-refractivity contribution in [1.82, 2.24) is 5.32 Å². The third-order valence-corrected chi connectivity index (χ3v) is 3.89. The molecule has 2 heterocycles. The third kappa shape index (κ3) is 2.98. The molecule has 1 heteroatoms. The lowest BCUT2D eigenvalue weighted by Crippen LogP contribution is -2.21. The van der Waals surface area contributed by atoms with Crippen molar-refractivity contribution in [3.63, 3.8) is 0 Å².